The van der Waals surface area contributed by atoms with Gasteiger partial charge in [0.2, 0.25) is 0 Å². The lowest BCUT2D eigenvalue weighted by Gasteiger charge is -2.10. The third kappa shape index (κ3) is 4.56. The second kappa shape index (κ2) is 7.56. The lowest BCUT2D eigenvalue weighted by molar-refractivity contribution is 0.0977. The highest BCUT2D eigenvalue weighted by atomic mass is 32.1. The summed E-state index contributed by atoms with van der Waals surface area (Å²) in [5.74, 6) is 0.388. The normalized spacial score (nSPS) is 9.91. The standard InChI is InChI=1S/C17H18N2O2S/c1-3-21-15-6-4-5-13(11-15)16(20)19-17(22)18-14-9-7-12(2)8-10-14/h4-11H,3H2,1-2H3,(H2,18,19,20,22). The summed E-state index contributed by atoms with van der Waals surface area (Å²) in [5, 5.41) is 5.89. The first kappa shape index (κ1) is 16.0. The number of anilines is 1. The smallest absolute Gasteiger partial charge is 0.257 e. The van der Waals surface area contributed by atoms with Crippen LogP contribution in [0.3, 0.4) is 0 Å². The van der Waals surface area contributed by atoms with Gasteiger partial charge in [0.05, 0.1) is 6.61 Å². The van der Waals surface area contributed by atoms with E-state index in [1.807, 2.05) is 44.2 Å². The van der Waals surface area contributed by atoms with Crippen LogP contribution in [0.4, 0.5) is 5.69 Å². The molecule has 2 N–H and O–H groups in total. The second-order valence-corrected chi connectivity index (χ2v) is 5.14. The maximum Gasteiger partial charge on any atom is 0.257 e. The Kier molecular flexibility index (Phi) is 5.49. The molecule has 0 radical (unpaired) electrons. The zero-order valence-electron chi connectivity index (χ0n) is 12.6. The van der Waals surface area contributed by atoms with E-state index in [1.54, 1.807) is 18.2 Å². The minimum atomic E-state index is -0.272. The number of amides is 1. The molecule has 0 aliphatic carbocycles. The van der Waals surface area contributed by atoms with Gasteiger partial charge in [-0.25, -0.2) is 0 Å². The third-order valence-corrected chi connectivity index (χ3v) is 3.15. The number of hydrogen-bond acceptors (Lipinski definition) is 3. The molecule has 0 heterocycles. The van der Waals surface area contributed by atoms with Gasteiger partial charge >= 0.3 is 0 Å². The Labute approximate surface area is 135 Å². The van der Waals surface area contributed by atoms with Gasteiger partial charge in [-0.05, 0) is 56.4 Å². The largest absolute Gasteiger partial charge is 0.494 e. The van der Waals surface area contributed by atoms with Crippen LogP contribution >= 0.6 is 12.2 Å². The number of carbonyl (C=O) groups is 1. The number of rotatable bonds is 4. The molecule has 0 aliphatic rings. The summed E-state index contributed by atoms with van der Waals surface area (Å²) in [6, 6.07) is 14.7. The summed E-state index contributed by atoms with van der Waals surface area (Å²) in [4.78, 5) is 12.2. The Hall–Kier alpha value is -2.40. The molecular formula is C17H18N2O2S. The molecule has 2 rings (SSSR count). The number of carbonyl (C=O) groups excluding carboxylic acids is 1. The van der Waals surface area contributed by atoms with Gasteiger partial charge in [0.25, 0.3) is 5.91 Å². The van der Waals surface area contributed by atoms with Gasteiger partial charge in [-0.2, -0.15) is 0 Å². The van der Waals surface area contributed by atoms with Crippen LogP contribution in [0.1, 0.15) is 22.8 Å². The van der Waals surface area contributed by atoms with Gasteiger partial charge in [0, 0.05) is 11.3 Å². The summed E-state index contributed by atoms with van der Waals surface area (Å²) in [6.45, 7) is 4.46. The molecule has 4 nitrogen and oxygen atoms in total. The second-order valence-electron chi connectivity index (χ2n) is 4.74. The van der Waals surface area contributed by atoms with Gasteiger partial charge in [0.15, 0.2) is 5.11 Å². The zero-order valence-corrected chi connectivity index (χ0v) is 13.4. The monoisotopic (exact) mass is 314 g/mol. The van der Waals surface area contributed by atoms with Crippen LogP contribution in [-0.4, -0.2) is 17.6 Å². The van der Waals surface area contributed by atoms with Crippen LogP contribution in [0, 0.1) is 6.92 Å². The van der Waals surface area contributed by atoms with E-state index < -0.39 is 0 Å². The summed E-state index contributed by atoms with van der Waals surface area (Å²) < 4.78 is 5.38. The van der Waals surface area contributed by atoms with Crippen LogP contribution in [0.25, 0.3) is 0 Å². The Morgan fingerprint density at radius 1 is 1.18 bits per heavy atom. The number of ether oxygens (including phenoxy) is 1. The molecule has 0 fully saturated rings. The minimum absolute atomic E-state index is 0.260. The maximum absolute atomic E-state index is 12.2. The Bertz CT molecular complexity index is 669. The first-order valence-corrected chi connectivity index (χ1v) is 7.41. The minimum Gasteiger partial charge on any atom is -0.494 e. The average Bonchev–Trinajstić information content (AvgIpc) is 2.50. The summed E-state index contributed by atoms with van der Waals surface area (Å²) in [6.07, 6.45) is 0. The van der Waals surface area contributed by atoms with E-state index in [-0.39, 0.29) is 11.0 Å². The molecule has 0 bridgehead atoms. The fraction of sp³-hybridized carbons (Fsp3) is 0.176. The number of benzene rings is 2. The van der Waals surface area contributed by atoms with Crippen molar-refractivity contribution in [2.24, 2.45) is 0 Å². The van der Waals surface area contributed by atoms with Crippen molar-refractivity contribution in [3.05, 3.63) is 59.7 Å². The van der Waals surface area contributed by atoms with Crippen molar-refractivity contribution in [2.75, 3.05) is 11.9 Å². The molecule has 22 heavy (non-hydrogen) atoms. The van der Waals surface area contributed by atoms with Gasteiger partial charge < -0.3 is 10.1 Å². The van der Waals surface area contributed by atoms with E-state index in [2.05, 4.69) is 10.6 Å². The van der Waals surface area contributed by atoms with E-state index in [0.717, 1.165) is 11.3 Å². The van der Waals surface area contributed by atoms with E-state index in [9.17, 15) is 4.79 Å². The quantitative estimate of drug-likeness (QED) is 0.848. The van der Waals surface area contributed by atoms with Crippen LogP contribution in [-0.2, 0) is 0 Å². The van der Waals surface area contributed by atoms with Crippen LogP contribution in [0.5, 0.6) is 5.75 Å². The first-order valence-electron chi connectivity index (χ1n) is 7.00. The molecule has 1 amide bonds. The molecule has 0 atom stereocenters. The highest BCUT2D eigenvalue weighted by molar-refractivity contribution is 7.80. The summed E-state index contributed by atoms with van der Waals surface area (Å²) >= 11 is 5.15. The molecule has 114 valence electrons. The lowest BCUT2D eigenvalue weighted by Crippen LogP contribution is -2.34. The molecule has 0 spiro atoms. The third-order valence-electron chi connectivity index (χ3n) is 2.94. The van der Waals surface area contributed by atoms with Gasteiger partial charge in [0.1, 0.15) is 5.75 Å². The van der Waals surface area contributed by atoms with Crippen molar-refractivity contribution in [3.8, 4) is 5.75 Å². The molecule has 2 aromatic carbocycles. The predicted octanol–water partition coefficient (Wildman–Crippen LogP) is 3.52. The lowest BCUT2D eigenvalue weighted by atomic mass is 10.2. The van der Waals surface area contributed by atoms with Crippen molar-refractivity contribution < 1.29 is 9.53 Å². The van der Waals surface area contributed by atoms with Gasteiger partial charge in [-0.15, -0.1) is 0 Å². The topological polar surface area (TPSA) is 50.4 Å². The fourth-order valence-corrected chi connectivity index (χ4v) is 2.08. The maximum atomic E-state index is 12.2. The first-order chi connectivity index (χ1) is 10.6. The van der Waals surface area contributed by atoms with E-state index >= 15 is 0 Å². The molecule has 0 saturated heterocycles. The highest BCUT2D eigenvalue weighted by Gasteiger charge is 2.09. The van der Waals surface area contributed by atoms with Crippen LogP contribution < -0.4 is 15.4 Å². The summed E-state index contributed by atoms with van der Waals surface area (Å²) in [5.41, 5.74) is 2.49. The Morgan fingerprint density at radius 2 is 1.91 bits per heavy atom. The number of aryl methyl sites for hydroxylation is 1. The predicted molar refractivity (Wildman–Crippen MR) is 92.5 cm³/mol. The van der Waals surface area contributed by atoms with Gasteiger partial charge in [-0.3, -0.25) is 10.1 Å². The fourth-order valence-electron chi connectivity index (χ4n) is 1.87. The van der Waals surface area contributed by atoms with Crippen molar-refractivity contribution in [3.63, 3.8) is 0 Å². The summed E-state index contributed by atoms with van der Waals surface area (Å²) in [7, 11) is 0. The van der Waals surface area contributed by atoms with Crippen molar-refractivity contribution in [1.82, 2.24) is 5.32 Å². The average molecular weight is 314 g/mol. The number of nitrogens with one attached hydrogen (secondary N) is 2. The highest BCUT2D eigenvalue weighted by Crippen LogP contribution is 2.13. The van der Waals surface area contributed by atoms with Crippen LogP contribution in [0.15, 0.2) is 48.5 Å². The van der Waals surface area contributed by atoms with Crippen molar-refractivity contribution >= 4 is 28.9 Å². The SMILES string of the molecule is CCOc1cccc(C(=O)NC(=S)Nc2ccc(C)cc2)c1. The molecule has 0 aliphatic heterocycles. The molecule has 5 heteroatoms. The zero-order chi connectivity index (χ0) is 15.9. The Balaban J connectivity index is 1.97. The molecule has 2 aromatic rings. The number of thiocarbonyl (C=S) groups is 1. The molecule has 0 unspecified atom stereocenters. The van der Waals surface area contributed by atoms with E-state index in [1.165, 1.54) is 0 Å². The van der Waals surface area contributed by atoms with Crippen molar-refractivity contribution in [2.45, 2.75) is 13.8 Å². The molecule has 0 saturated carbocycles. The molecule has 0 aromatic heterocycles. The van der Waals surface area contributed by atoms with E-state index in [4.69, 9.17) is 17.0 Å². The van der Waals surface area contributed by atoms with Crippen LogP contribution in [0.2, 0.25) is 0 Å². The van der Waals surface area contributed by atoms with Crippen molar-refractivity contribution in [1.29, 1.82) is 0 Å². The van der Waals surface area contributed by atoms with Gasteiger partial charge in [-0.1, -0.05) is 23.8 Å². The van der Waals surface area contributed by atoms with E-state index in [0.29, 0.717) is 17.9 Å². The number of hydrogen-bond donors (Lipinski definition) is 2. The Morgan fingerprint density at radius 3 is 2.59 bits per heavy atom. The molecular weight excluding hydrogens is 296 g/mol.